The van der Waals surface area contributed by atoms with Crippen molar-refractivity contribution < 1.29 is 13.2 Å². The minimum atomic E-state index is -3.67. The van der Waals surface area contributed by atoms with Gasteiger partial charge in [0.1, 0.15) is 5.75 Å². The Kier molecular flexibility index (Phi) is 3.47. The molecule has 6 heteroatoms. The summed E-state index contributed by atoms with van der Waals surface area (Å²) in [6.45, 7) is 0.686. The molecule has 88 valence electrons. The maximum absolute atomic E-state index is 11.1. The molecule has 0 spiro atoms. The first-order valence-corrected chi connectivity index (χ1v) is 7.94. The summed E-state index contributed by atoms with van der Waals surface area (Å²) in [6, 6.07) is 4.50. The molecule has 0 N–H and O–H groups in total. The topological polar surface area (TPSA) is 43.4 Å². The fourth-order valence-corrected chi connectivity index (χ4v) is 2.66. The van der Waals surface area contributed by atoms with Crippen molar-refractivity contribution in [2.75, 3.05) is 6.61 Å². The van der Waals surface area contributed by atoms with E-state index in [-0.39, 0.29) is 4.90 Å². The molecule has 0 radical (unpaired) electrons. The van der Waals surface area contributed by atoms with Gasteiger partial charge in [0, 0.05) is 10.7 Å². The van der Waals surface area contributed by atoms with Crippen LogP contribution >= 0.6 is 26.6 Å². The second-order valence-electron chi connectivity index (χ2n) is 3.78. The highest BCUT2D eigenvalue weighted by Crippen LogP contribution is 2.33. The summed E-state index contributed by atoms with van der Waals surface area (Å²) in [4.78, 5) is 0.0693. The fraction of sp³-hybridized carbons (Fsp3) is 0.400. The van der Waals surface area contributed by atoms with E-state index in [2.05, 4.69) is 15.9 Å². The van der Waals surface area contributed by atoms with E-state index in [9.17, 15) is 8.42 Å². The number of rotatable bonds is 4. The molecule has 1 aromatic rings. The molecule has 2 rings (SSSR count). The first-order chi connectivity index (χ1) is 7.47. The van der Waals surface area contributed by atoms with Crippen molar-refractivity contribution in [1.82, 2.24) is 0 Å². The van der Waals surface area contributed by atoms with Gasteiger partial charge in [-0.3, -0.25) is 0 Å². The molecule has 1 fully saturated rings. The summed E-state index contributed by atoms with van der Waals surface area (Å²) >= 11 is 3.26. The van der Waals surface area contributed by atoms with E-state index in [0.29, 0.717) is 22.7 Å². The molecular weight excluding hydrogens is 316 g/mol. The molecule has 0 bridgehead atoms. The highest BCUT2D eigenvalue weighted by molar-refractivity contribution is 9.10. The lowest BCUT2D eigenvalue weighted by Gasteiger charge is -2.08. The van der Waals surface area contributed by atoms with Gasteiger partial charge < -0.3 is 4.74 Å². The average molecular weight is 326 g/mol. The van der Waals surface area contributed by atoms with E-state index in [4.69, 9.17) is 15.4 Å². The predicted octanol–water partition coefficient (Wildman–Crippen LogP) is 3.17. The Bertz CT molecular complexity index is 497. The van der Waals surface area contributed by atoms with Gasteiger partial charge in [0.2, 0.25) is 0 Å². The van der Waals surface area contributed by atoms with Crippen LogP contribution in [0, 0.1) is 5.92 Å². The largest absolute Gasteiger partial charge is 0.492 e. The Hall–Kier alpha value is -0.260. The number of ether oxygens (including phenoxy) is 1. The van der Waals surface area contributed by atoms with Crippen LogP contribution in [0.5, 0.6) is 5.75 Å². The third-order valence-electron chi connectivity index (χ3n) is 2.36. The van der Waals surface area contributed by atoms with Gasteiger partial charge in [-0.25, -0.2) is 8.42 Å². The van der Waals surface area contributed by atoms with Crippen molar-refractivity contribution in [3.63, 3.8) is 0 Å². The fourth-order valence-electron chi connectivity index (χ4n) is 1.24. The summed E-state index contributed by atoms with van der Waals surface area (Å²) in [5.74, 6) is 1.30. The molecule has 1 aliphatic rings. The molecule has 1 aromatic carbocycles. The third-order valence-corrected chi connectivity index (χ3v) is 4.33. The van der Waals surface area contributed by atoms with Crippen molar-refractivity contribution >= 4 is 35.7 Å². The van der Waals surface area contributed by atoms with Gasteiger partial charge in [0.05, 0.1) is 16.0 Å². The second-order valence-corrected chi connectivity index (χ2v) is 7.20. The molecule has 1 saturated carbocycles. The molecule has 16 heavy (non-hydrogen) atoms. The lowest BCUT2D eigenvalue weighted by Crippen LogP contribution is -2.00. The quantitative estimate of drug-likeness (QED) is 0.799. The molecule has 0 atom stereocenters. The second kappa shape index (κ2) is 4.55. The molecule has 0 saturated heterocycles. The maximum Gasteiger partial charge on any atom is 0.261 e. The SMILES string of the molecule is O=S(=O)(Cl)c1ccc(OCC2CC2)c(Br)c1. The normalized spacial score (nSPS) is 16.1. The standard InChI is InChI=1S/C10H10BrClO3S/c11-9-5-8(16(12,13)14)3-4-10(9)15-6-7-1-2-7/h3-5,7H,1-2,6H2. The number of benzene rings is 1. The minimum Gasteiger partial charge on any atom is -0.492 e. The van der Waals surface area contributed by atoms with E-state index in [1.165, 1.54) is 25.0 Å². The molecular formula is C10H10BrClO3S. The number of halogens is 2. The van der Waals surface area contributed by atoms with Crippen LogP contribution in [0.2, 0.25) is 0 Å². The lowest BCUT2D eigenvalue weighted by molar-refractivity contribution is 0.298. The first kappa shape index (κ1) is 12.2. The summed E-state index contributed by atoms with van der Waals surface area (Å²) in [5, 5.41) is 0. The summed E-state index contributed by atoms with van der Waals surface area (Å²) in [5.41, 5.74) is 0. The summed E-state index contributed by atoms with van der Waals surface area (Å²) in [6.07, 6.45) is 2.43. The Morgan fingerprint density at radius 1 is 1.44 bits per heavy atom. The van der Waals surface area contributed by atoms with E-state index in [1.807, 2.05) is 0 Å². The summed E-state index contributed by atoms with van der Waals surface area (Å²) < 4.78 is 28.3. The molecule has 0 unspecified atom stereocenters. The average Bonchev–Trinajstić information content (AvgIpc) is 2.98. The molecule has 3 nitrogen and oxygen atoms in total. The van der Waals surface area contributed by atoms with Crippen molar-refractivity contribution in [2.45, 2.75) is 17.7 Å². The van der Waals surface area contributed by atoms with Crippen LogP contribution in [0.3, 0.4) is 0 Å². The molecule has 0 aliphatic heterocycles. The zero-order valence-electron chi connectivity index (χ0n) is 8.32. The molecule has 0 heterocycles. The van der Waals surface area contributed by atoms with Gasteiger partial charge in [-0.1, -0.05) is 0 Å². The van der Waals surface area contributed by atoms with Crippen LogP contribution in [0.4, 0.5) is 0 Å². The maximum atomic E-state index is 11.1. The Morgan fingerprint density at radius 3 is 2.62 bits per heavy atom. The van der Waals surface area contributed by atoms with Crippen molar-refractivity contribution in [2.24, 2.45) is 5.92 Å². The van der Waals surface area contributed by atoms with Crippen LogP contribution in [0.25, 0.3) is 0 Å². The minimum absolute atomic E-state index is 0.0693. The van der Waals surface area contributed by atoms with Crippen molar-refractivity contribution in [1.29, 1.82) is 0 Å². The zero-order valence-corrected chi connectivity index (χ0v) is 11.5. The number of hydrogen-bond acceptors (Lipinski definition) is 3. The van der Waals surface area contributed by atoms with Gasteiger partial charge in [-0.2, -0.15) is 0 Å². The first-order valence-electron chi connectivity index (χ1n) is 4.84. The van der Waals surface area contributed by atoms with Gasteiger partial charge in [-0.05, 0) is 52.9 Å². The monoisotopic (exact) mass is 324 g/mol. The Morgan fingerprint density at radius 2 is 2.12 bits per heavy atom. The van der Waals surface area contributed by atoms with Crippen LogP contribution in [-0.4, -0.2) is 15.0 Å². The van der Waals surface area contributed by atoms with Crippen molar-refractivity contribution in [3.8, 4) is 5.75 Å². The zero-order chi connectivity index (χ0) is 11.8. The highest BCUT2D eigenvalue weighted by atomic mass is 79.9. The predicted molar refractivity (Wildman–Crippen MR) is 65.4 cm³/mol. The van der Waals surface area contributed by atoms with Gasteiger partial charge in [0.15, 0.2) is 0 Å². The van der Waals surface area contributed by atoms with Gasteiger partial charge in [0.25, 0.3) is 9.05 Å². The third kappa shape index (κ3) is 3.12. The Labute approximate surface area is 107 Å². The molecule has 0 amide bonds. The van der Waals surface area contributed by atoms with Crippen molar-refractivity contribution in [3.05, 3.63) is 22.7 Å². The lowest BCUT2D eigenvalue weighted by atomic mass is 10.3. The number of hydrogen-bond donors (Lipinski definition) is 0. The van der Waals surface area contributed by atoms with E-state index in [1.54, 1.807) is 6.07 Å². The molecule has 0 aromatic heterocycles. The van der Waals surface area contributed by atoms with E-state index >= 15 is 0 Å². The molecule has 1 aliphatic carbocycles. The van der Waals surface area contributed by atoms with Gasteiger partial charge >= 0.3 is 0 Å². The van der Waals surface area contributed by atoms with E-state index in [0.717, 1.165) is 0 Å². The van der Waals surface area contributed by atoms with E-state index < -0.39 is 9.05 Å². The van der Waals surface area contributed by atoms with Crippen LogP contribution in [0.1, 0.15) is 12.8 Å². The van der Waals surface area contributed by atoms with Gasteiger partial charge in [-0.15, -0.1) is 0 Å². The highest BCUT2D eigenvalue weighted by Gasteiger charge is 2.22. The van der Waals surface area contributed by atoms with Crippen LogP contribution in [-0.2, 0) is 9.05 Å². The smallest absolute Gasteiger partial charge is 0.261 e. The van der Waals surface area contributed by atoms with Crippen LogP contribution in [0.15, 0.2) is 27.6 Å². The van der Waals surface area contributed by atoms with Crippen LogP contribution < -0.4 is 4.74 Å². The Balaban J connectivity index is 2.15. The summed E-state index contributed by atoms with van der Waals surface area (Å²) in [7, 11) is 1.56.